The first-order valence-corrected chi connectivity index (χ1v) is 8.56. The molecule has 0 atom stereocenters. The van der Waals surface area contributed by atoms with Gasteiger partial charge in [0, 0.05) is 44.1 Å². The summed E-state index contributed by atoms with van der Waals surface area (Å²) in [5.41, 5.74) is 0.113. The summed E-state index contributed by atoms with van der Waals surface area (Å²) >= 11 is 0. The van der Waals surface area contributed by atoms with E-state index >= 15 is 0 Å². The van der Waals surface area contributed by atoms with E-state index in [1.807, 2.05) is 25.7 Å². The fourth-order valence-corrected chi connectivity index (χ4v) is 2.68. The monoisotopic (exact) mass is 357 g/mol. The van der Waals surface area contributed by atoms with Crippen molar-refractivity contribution in [3.8, 4) is 0 Å². The second-order valence-corrected chi connectivity index (χ2v) is 7.23. The molecule has 0 saturated carbocycles. The number of anilines is 1. The van der Waals surface area contributed by atoms with Crippen LogP contribution in [0, 0.1) is 0 Å². The predicted octanol–water partition coefficient (Wildman–Crippen LogP) is 1.56. The lowest BCUT2D eigenvalue weighted by Crippen LogP contribution is -2.49. The van der Waals surface area contributed by atoms with Gasteiger partial charge in [0.05, 0.1) is 11.8 Å². The summed E-state index contributed by atoms with van der Waals surface area (Å²) in [5.74, 6) is 0.606. The lowest BCUT2D eigenvalue weighted by Gasteiger charge is -2.34. The molecule has 1 N–H and O–H groups in total. The molecule has 0 spiro atoms. The first-order chi connectivity index (χ1) is 12.3. The van der Waals surface area contributed by atoms with Crippen LogP contribution in [0.3, 0.4) is 0 Å². The molecule has 8 heteroatoms. The lowest BCUT2D eigenvalue weighted by molar-refractivity contribution is 0.0713. The quantitative estimate of drug-likeness (QED) is 0.896. The van der Waals surface area contributed by atoms with Gasteiger partial charge in [-0.25, -0.2) is 9.97 Å². The molecule has 0 aromatic carbocycles. The molecule has 1 aliphatic rings. The Balaban J connectivity index is 1.58. The van der Waals surface area contributed by atoms with E-state index in [1.54, 1.807) is 17.0 Å². The molecule has 1 saturated heterocycles. The number of nitrogens with one attached hydrogen (secondary N) is 1. The zero-order chi connectivity index (χ0) is 18.7. The zero-order valence-electron chi connectivity index (χ0n) is 15.2. The minimum Gasteiger partial charge on any atom is -0.459 e. The maximum absolute atomic E-state index is 12.3. The molecule has 2 aromatic heterocycles. The molecule has 8 nitrogen and oxygen atoms in total. The fraction of sp³-hybridized carbons (Fsp3) is 0.444. The Hall–Kier alpha value is -2.90. The predicted molar refractivity (Wildman–Crippen MR) is 96.1 cm³/mol. The Kier molecular flexibility index (Phi) is 4.92. The average Bonchev–Trinajstić information content (AvgIpc) is 3.14. The number of furan rings is 1. The van der Waals surface area contributed by atoms with Gasteiger partial charge in [-0.3, -0.25) is 9.59 Å². The van der Waals surface area contributed by atoms with Gasteiger partial charge in [0.15, 0.2) is 5.76 Å². The highest BCUT2D eigenvalue weighted by Crippen LogP contribution is 2.14. The number of rotatable bonds is 3. The second kappa shape index (κ2) is 7.15. The minimum atomic E-state index is -0.313. The van der Waals surface area contributed by atoms with Crippen LogP contribution < -0.4 is 10.2 Å². The third kappa shape index (κ3) is 4.19. The van der Waals surface area contributed by atoms with Crippen molar-refractivity contribution in [1.82, 2.24) is 20.2 Å². The SMILES string of the molecule is CC(C)(C)NC(=O)c1cnc(N2CCN(C(=O)c3ccco3)CC2)nc1. The summed E-state index contributed by atoms with van der Waals surface area (Å²) in [6.45, 7) is 8.14. The van der Waals surface area contributed by atoms with E-state index in [-0.39, 0.29) is 17.4 Å². The number of nitrogens with zero attached hydrogens (tertiary/aromatic N) is 4. The summed E-state index contributed by atoms with van der Waals surface area (Å²) in [5, 5.41) is 2.88. The van der Waals surface area contributed by atoms with Crippen LogP contribution in [0.5, 0.6) is 0 Å². The molecule has 3 heterocycles. The summed E-state index contributed by atoms with van der Waals surface area (Å²) in [6, 6.07) is 3.37. The van der Waals surface area contributed by atoms with Crippen molar-refractivity contribution >= 4 is 17.8 Å². The van der Waals surface area contributed by atoms with Crippen molar-refractivity contribution < 1.29 is 14.0 Å². The van der Waals surface area contributed by atoms with Crippen molar-refractivity contribution in [2.24, 2.45) is 0 Å². The highest BCUT2D eigenvalue weighted by Gasteiger charge is 2.25. The zero-order valence-corrected chi connectivity index (χ0v) is 15.2. The molecule has 1 fully saturated rings. The van der Waals surface area contributed by atoms with Crippen LogP contribution in [0.2, 0.25) is 0 Å². The van der Waals surface area contributed by atoms with Gasteiger partial charge in [-0.2, -0.15) is 0 Å². The Bertz CT molecular complexity index is 757. The normalized spacial score (nSPS) is 15.0. The van der Waals surface area contributed by atoms with Gasteiger partial charge in [-0.15, -0.1) is 0 Å². The molecular weight excluding hydrogens is 334 g/mol. The number of carbonyl (C=O) groups is 2. The Labute approximate surface area is 152 Å². The van der Waals surface area contributed by atoms with E-state index < -0.39 is 0 Å². The van der Waals surface area contributed by atoms with Crippen molar-refractivity contribution in [3.05, 3.63) is 42.1 Å². The van der Waals surface area contributed by atoms with Crippen LogP contribution in [0.25, 0.3) is 0 Å². The van der Waals surface area contributed by atoms with Crippen LogP contribution in [-0.4, -0.2) is 58.4 Å². The number of hydrogen-bond donors (Lipinski definition) is 1. The molecule has 138 valence electrons. The summed E-state index contributed by atoms with van der Waals surface area (Å²) < 4.78 is 5.16. The molecular formula is C18H23N5O3. The highest BCUT2D eigenvalue weighted by molar-refractivity contribution is 5.94. The van der Waals surface area contributed by atoms with Gasteiger partial charge in [0.1, 0.15) is 0 Å². The molecule has 26 heavy (non-hydrogen) atoms. The second-order valence-electron chi connectivity index (χ2n) is 7.23. The number of amides is 2. The molecule has 0 bridgehead atoms. The van der Waals surface area contributed by atoms with Crippen molar-refractivity contribution in [1.29, 1.82) is 0 Å². The van der Waals surface area contributed by atoms with Crippen molar-refractivity contribution in [2.45, 2.75) is 26.3 Å². The van der Waals surface area contributed by atoms with Gasteiger partial charge < -0.3 is 19.5 Å². The van der Waals surface area contributed by atoms with E-state index in [0.29, 0.717) is 43.5 Å². The van der Waals surface area contributed by atoms with E-state index in [9.17, 15) is 9.59 Å². The molecule has 2 amide bonds. The third-order valence-electron chi connectivity index (χ3n) is 3.97. The number of aromatic nitrogens is 2. The van der Waals surface area contributed by atoms with Crippen LogP contribution in [0.1, 0.15) is 41.7 Å². The average molecular weight is 357 g/mol. The number of piperazine rings is 1. The summed E-state index contributed by atoms with van der Waals surface area (Å²) in [4.78, 5) is 36.8. The maximum Gasteiger partial charge on any atom is 0.289 e. The molecule has 0 aliphatic carbocycles. The fourth-order valence-electron chi connectivity index (χ4n) is 2.68. The van der Waals surface area contributed by atoms with Crippen LogP contribution in [-0.2, 0) is 0 Å². The van der Waals surface area contributed by atoms with Crippen LogP contribution in [0.15, 0.2) is 35.2 Å². The molecule has 3 rings (SSSR count). The van der Waals surface area contributed by atoms with Crippen molar-refractivity contribution in [2.75, 3.05) is 31.1 Å². The first kappa shape index (κ1) is 17.9. The van der Waals surface area contributed by atoms with Gasteiger partial charge in [0.2, 0.25) is 5.95 Å². The Morgan fingerprint density at radius 2 is 1.77 bits per heavy atom. The van der Waals surface area contributed by atoms with Gasteiger partial charge >= 0.3 is 0 Å². The molecule has 2 aromatic rings. The maximum atomic E-state index is 12.3. The van der Waals surface area contributed by atoms with Crippen molar-refractivity contribution in [3.63, 3.8) is 0 Å². The largest absolute Gasteiger partial charge is 0.459 e. The van der Waals surface area contributed by atoms with Gasteiger partial charge in [-0.1, -0.05) is 0 Å². The number of hydrogen-bond acceptors (Lipinski definition) is 6. The van der Waals surface area contributed by atoms with Crippen LogP contribution >= 0.6 is 0 Å². The Morgan fingerprint density at radius 3 is 2.31 bits per heavy atom. The third-order valence-corrected chi connectivity index (χ3v) is 3.97. The minimum absolute atomic E-state index is 0.107. The Morgan fingerprint density at radius 1 is 1.12 bits per heavy atom. The van der Waals surface area contributed by atoms with E-state index in [1.165, 1.54) is 18.7 Å². The lowest BCUT2D eigenvalue weighted by atomic mass is 10.1. The smallest absolute Gasteiger partial charge is 0.289 e. The van der Waals surface area contributed by atoms with Crippen LogP contribution in [0.4, 0.5) is 5.95 Å². The topological polar surface area (TPSA) is 91.6 Å². The number of carbonyl (C=O) groups excluding carboxylic acids is 2. The standard InChI is InChI=1S/C18H23N5O3/c1-18(2,3)21-15(24)13-11-19-17(20-12-13)23-8-6-22(7-9-23)16(25)14-5-4-10-26-14/h4-5,10-12H,6-9H2,1-3H3,(H,21,24). The first-order valence-electron chi connectivity index (χ1n) is 8.56. The van der Waals surface area contributed by atoms with E-state index in [2.05, 4.69) is 15.3 Å². The van der Waals surface area contributed by atoms with Gasteiger partial charge in [-0.05, 0) is 32.9 Å². The summed E-state index contributed by atoms with van der Waals surface area (Å²) in [6.07, 6.45) is 4.56. The summed E-state index contributed by atoms with van der Waals surface area (Å²) in [7, 11) is 0. The molecule has 1 aliphatic heterocycles. The molecule has 0 radical (unpaired) electrons. The van der Waals surface area contributed by atoms with E-state index in [4.69, 9.17) is 4.42 Å². The van der Waals surface area contributed by atoms with E-state index in [0.717, 1.165) is 0 Å². The van der Waals surface area contributed by atoms with Gasteiger partial charge in [0.25, 0.3) is 11.8 Å². The highest BCUT2D eigenvalue weighted by atomic mass is 16.3. The molecule has 0 unspecified atom stereocenters.